The molecule has 2 aromatic heterocycles. The first-order valence-electron chi connectivity index (χ1n) is 14.1. The predicted molar refractivity (Wildman–Crippen MR) is 160 cm³/mol. The van der Waals surface area contributed by atoms with Gasteiger partial charge in [-0.25, -0.2) is 0 Å². The summed E-state index contributed by atoms with van der Waals surface area (Å²) in [5.41, 5.74) is 10.9. The summed E-state index contributed by atoms with van der Waals surface area (Å²) in [5, 5.41) is 9.67. The molecule has 200 valence electrons. The lowest BCUT2D eigenvalue weighted by molar-refractivity contribution is 0.630. The molecule has 4 rings (SSSR count). The topological polar surface area (TPSA) is 43.6 Å². The van der Waals surface area contributed by atoms with Gasteiger partial charge in [-0.3, -0.25) is 9.55 Å². The molecule has 0 aliphatic rings. The summed E-state index contributed by atoms with van der Waals surface area (Å²) < 4.78 is 2.32. The van der Waals surface area contributed by atoms with Crippen molar-refractivity contribution >= 4 is 0 Å². The Hall–Kier alpha value is -3.27. The van der Waals surface area contributed by atoms with Gasteiger partial charge in [0, 0.05) is 23.0 Å². The molecule has 0 N–H and O–H groups in total. The van der Waals surface area contributed by atoms with Crippen LogP contribution in [0.4, 0.5) is 0 Å². The van der Waals surface area contributed by atoms with Crippen LogP contribution in [0.15, 0.2) is 48.7 Å². The molecule has 4 aromatic rings. The number of aryl methyl sites for hydroxylation is 3. The monoisotopic (exact) mass is 508 g/mol. The van der Waals surface area contributed by atoms with Crippen molar-refractivity contribution in [3.05, 3.63) is 82.2 Å². The van der Waals surface area contributed by atoms with E-state index in [0.717, 1.165) is 47.7 Å². The Balaban J connectivity index is 2.03. The van der Waals surface area contributed by atoms with Crippen LogP contribution in [0.3, 0.4) is 0 Å². The lowest BCUT2D eigenvalue weighted by atomic mass is 9.91. The van der Waals surface area contributed by atoms with Crippen molar-refractivity contribution in [1.82, 2.24) is 19.7 Å². The first-order valence-corrected chi connectivity index (χ1v) is 14.1. The highest BCUT2D eigenvalue weighted by Crippen LogP contribution is 2.35. The van der Waals surface area contributed by atoms with Crippen LogP contribution < -0.4 is 0 Å². The summed E-state index contributed by atoms with van der Waals surface area (Å²) in [6.45, 7) is 20.1. The fourth-order valence-corrected chi connectivity index (χ4v) is 5.48. The third-order valence-electron chi connectivity index (χ3n) is 6.74. The van der Waals surface area contributed by atoms with E-state index in [2.05, 4.69) is 109 Å². The summed E-state index contributed by atoms with van der Waals surface area (Å²) >= 11 is 0. The number of benzene rings is 2. The lowest BCUT2D eigenvalue weighted by Gasteiger charge is -2.22. The molecular formula is C34H44N4. The minimum absolute atomic E-state index is 0.532. The standard InChI is InChI=1S/C34H44N4/c1-21(2)12-28-16-26(9)17-29(13-22(3)4)32(28)38-33(27-10-11-31(35-20-27)14-23(5)6)36-37-34(38)30-18-24(7)15-25(8)19-30/h10-11,15-23H,12-14H2,1-9H3. The van der Waals surface area contributed by atoms with Crippen LogP contribution in [-0.2, 0) is 19.3 Å². The second-order valence-corrected chi connectivity index (χ2v) is 12.3. The molecule has 0 spiro atoms. The molecule has 4 heteroatoms. The average Bonchev–Trinajstić information content (AvgIpc) is 3.22. The van der Waals surface area contributed by atoms with E-state index >= 15 is 0 Å². The van der Waals surface area contributed by atoms with Gasteiger partial charge in [0.15, 0.2) is 11.6 Å². The molecular weight excluding hydrogens is 464 g/mol. The molecule has 0 amide bonds. The fourth-order valence-electron chi connectivity index (χ4n) is 5.48. The van der Waals surface area contributed by atoms with Gasteiger partial charge in [0.2, 0.25) is 0 Å². The van der Waals surface area contributed by atoms with Crippen LogP contribution in [0.1, 0.15) is 75.1 Å². The van der Waals surface area contributed by atoms with E-state index in [-0.39, 0.29) is 0 Å². The summed E-state index contributed by atoms with van der Waals surface area (Å²) in [4.78, 5) is 4.81. The first kappa shape index (κ1) is 27.8. The Morgan fingerprint density at radius 3 is 1.58 bits per heavy atom. The van der Waals surface area contributed by atoms with Crippen molar-refractivity contribution in [1.29, 1.82) is 0 Å². The third-order valence-corrected chi connectivity index (χ3v) is 6.74. The van der Waals surface area contributed by atoms with Crippen LogP contribution in [0.5, 0.6) is 0 Å². The van der Waals surface area contributed by atoms with E-state index in [1.54, 1.807) is 0 Å². The largest absolute Gasteiger partial charge is 0.274 e. The maximum atomic E-state index is 4.84. The molecule has 0 radical (unpaired) electrons. The molecule has 0 fully saturated rings. The minimum Gasteiger partial charge on any atom is -0.274 e. The summed E-state index contributed by atoms with van der Waals surface area (Å²) in [6, 6.07) is 15.7. The van der Waals surface area contributed by atoms with Crippen LogP contribution in [0.25, 0.3) is 28.5 Å². The Labute approximate surface area is 229 Å². The second kappa shape index (κ2) is 11.6. The van der Waals surface area contributed by atoms with E-state index in [1.165, 1.54) is 33.5 Å². The van der Waals surface area contributed by atoms with Gasteiger partial charge in [-0.2, -0.15) is 0 Å². The average molecular weight is 509 g/mol. The van der Waals surface area contributed by atoms with E-state index in [0.29, 0.717) is 17.8 Å². The maximum Gasteiger partial charge on any atom is 0.170 e. The highest BCUT2D eigenvalue weighted by atomic mass is 15.3. The molecule has 38 heavy (non-hydrogen) atoms. The molecule has 2 heterocycles. The van der Waals surface area contributed by atoms with Crippen molar-refractivity contribution in [2.24, 2.45) is 17.8 Å². The van der Waals surface area contributed by atoms with Crippen LogP contribution in [0, 0.1) is 38.5 Å². The molecule has 0 bridgehead atoms. The van der Waals surface area contributed by atoms with Crippen molar-refractivity contribution in [2.45, 2.75) is 81.6 Å². The third kappa shape index (κ3) is 6.40. The number of pyridine rings is 1. The number of hydrogen-bond acceptors (Lipinski definition) is 3. The lowest BCUT2D eigenvalue weighted by Crippen LogP contribution is -2.12. The van der Waals surface area contributed by atoms with E-state index < -0.39 is 0 Å². The van der Waals surface area contributed by atoms with E-state index in [4.69, 9.17) is 15.2 Å². The molecule has 0 saturated heterocycles. The number of hydrogen-bond donors (Lipinski definition) is 0. The highest BCUT2D eigenvalue weighted by molar-refractivity contribution is 5.69. The van der Waals surface area contributed by atoms with Crippen LogP contribution in [0.2, 0.25) is 0 Å². The fraction of sp³-hybridized carbons (Fsp3) is 0.441. The quantitative estimate of drug-likeness (QED) is 0.227. The van der Waals surface area contributed by atoms with Gasteiger partial charge in [0.1, 0.15) is 0 Å². The van der Waals surface area contributed by atoms with Gasteiger partial charge in [0.25, 0.3) is 0 Å². The second-order valence-electron chi connectivity index (χ2n) is 12.3. The van der Waals surface area contributed by atoms with Gasteiger partial charge < -0.3 is 0 Å². The Morgan fingerprint density at radius 1 is 0.605 bits per heavy atom. The molecule has 2 aromatic carbocycles. The number of aromatic nitrogens is 4. The van der Waals surface area contributed by atoms with Crippen LogP contribution >= 0.6 is 0 Å². The molecule has 0 aliphatic heterocycles. The highest BCUT2D eigenvalue weighted by Gasteiger charge is 2.23. The molecule has 0 atom stereocenters. The predicted octanol–water partition coefficient (Wildman–Crippen LogP) is 8.52. The zero-order chi connectivity index (χ0) is 27.6. The molecule has 0 aliphatic carbocycles. The first-order chi connectivity index (χ1) is 18.0. The van der Waals surface area contributed by atoms with Gasteiger partial charge in [-0.1, -0.05) is 76.4 Å². The van der Waals surface area contributed by atoms with Crippen molar-refractivity contribution in [3.8, 4) is 28.5 Å². The Bertz CT molecular complexity index is 1340. The Morgan fingerprint density at radius 2 is 1.11 bits per heavy atom. The van der Waals surface area contributed by atoms with Gasteiger partial charge in [0.05, 0.1) is 5.69 Å². The smallest absolute Gasteiger partial charge is 0.170 e. The van der Waals surface area contributed by atoms with Gasteiger partial charge in [-0.05, 0) is 93.2 Å². The minimum atomic E-state index is 0.532. The van der Waals surface area contributed by atoms with Crippen molar-refractivity contribution in [3.63, 3.8) is 0 Å². The maximum absolute atomic E-state index is 4.84. The summed E-state index contributed by atoms with van der Waals surface area (Å²) in [6.07, 6.45) is 4.94. The SMILES string of the molecule is Cc1cc(C)cc(-c2nnc(-c3ccc(CC(C)C)nc3)n2-c2c(CC(C)C)cc(C)cc2CC(C)C)c1. The van der Waals surface area contributed by atoms with E-state index in [9.17, 15) is 0 Å². The zero-order valence-corrected chi connectivity index (χ0v) is 24.8. The number of rotatable bonds is 9. The van der Waals surface area contributed by atoms with E-state index in [1.807, 2.05) is 6.20 Å². The molecule has 0 unspecified atom stereocenters. The molecule has 0 saturated carbocycles. The van der Waals surface area contributed by atoms with Gasteiger partial charge in [-0.15, -0.1) is 10.2 Å². The number of nitrogens with zero attached hydrogens (tertiary/aromatic N) is 4. The summed E-state index contributed by atoms with van der Waals surface area (Å²) in [5.74, 6) is 3.37. The normalized spacial score (nSPS) is 11.8. The van der Waals surface area contributed by atoms with Crippen LogP contribution in [-0.4, -0.2) is 19.7 Å². The molecule has 4 nitrogen and oxygen atoms in total. The zero-order valence-electron chi connectivity index (χ0n) is 24.8. The van der Waals surface area contributed by atoms with Crippen molar-refractivity contribution in [2.75, 3.05) is 0 Å². The van der Waals surface area contributed by atoms with Gasteiger partial charge >= 0.3 is 0 Å². The Kier molecular flexibility index (Phi) is 8.50. The van der Waals surface area contributed by atoms with Crippen molar-refractivity contribution < 1.29 is 0 Å². The summed E-state index contributed by atoms with van der Waals surface area (Å²) in [7, 11) is 0.